The normalized spacial score (nSPS) is 10.5. The molecule has 0 heterocycles. The third kappa shape index (κ3) is 12.2. The van der Waals surface area contributed by atoms with Gasteiger partial charge in [0, 0.05) is 6.08 Å². The van der Waals surface area contributed by atoms with Gasteiger partial charge in [-0.1, -0.05) is 38.5 Å². The molecule has 3 rings (SSSR count). The molecule has 218 valence electrons. The van der Waals surface area contributed by atoms with E-state index in [0.29, 0.717) is 42.6 Å². The molecule has 0 bridgehead atoms. The summed E-state index contributed by atoms with van der Waals surface area (Å²) in [6.07, 6.45) is 8.22. The van der Waals surface area contributed by atoms with Crippen LogP contribution in [0, 0.1) is 0 Å². The number of carbonyl (C=O) groups is 2. The van der Waals surface area contributed by atoms with Crippen LogP contribution >= 0.6 is 0 Å². The highest BCUT2D eigenvalue weighted by Gasteiger charge is 2.09. The van der Waals surface area contributed by atoms with Gasteiger partial charge in [0.25, 0.3) is 0 Å². The molecule has 7 heteroatoms. The lowest BCUT2D eigenvalue weighted by molar-refractivity contribution is -0.137. The minimum atomic E-state index is -0.445. The van der Waals surface area contributed by atoms with Crippen molar-refractivity contribution in [1.82, 2.24) is 0 Å². The molecular formula is C34H40O7. The number of hydrogen-bond acceptors (Lipinski definition) is 7. The van der Waals surface area contributed by atoms with Gasteiger partial charge >= 0.3 is 11.9 Å². The SMILES string of the molecule is C=CC(=O)OCCCCCCOc1ccc(C(=O)Oc2ccc(OCc3ccc(OCCCCC)cc3)cc2)cc1. The van der Waals surface area contributed by atoms with Gasteiger partial charge in [0.05, 0.1) is 25.4 Å². The first-order valence-corrected chi connectivity index (χ1v) is 14.3. The Kier molecular flexibility index (Phi) is 13.8. The van der Waals surface area contributed by atoms with E-state index in [9.17, 15) is 9.59 Å². The standard InChI is InChI=1S/C34H40O7/c1-3-5-8-23-37-29-15-11-27(12-16-29)26-40-31-19-21-32(22-20-31)41-34(36)28-13-17-30(18-14-28)38-24-9-6-7-10-25-39-33(35)4-2/h4,11-22H,2-3,5-10,23-26H2,1H3. The van der Waals surface area contributed by atoms with Crippen molar-refractivity contribution in [3.63, 3.8) is 0 Å². The zero-order valence-corrected chi connectivity index (χ0v) is 23.8. The van der Waals surface area contributed by atoms with Gasteiger partial charge in [0.2, 0.25) is 0 Å². The number of hydrogen-bond donors (Lipinski definition) is 0. The molecule has 7 nitrogen and oxygen atoms in total. The van der Waals surface area contributed by atoms with Gasteiger partial charge in [-0.3, -0.25) is 0 Å². The summed E-state index contributed by atoms with van der Waals surface area (Å²) in [5.74, 6) is 1.85. The molecule has 0 aliphatic rings. The van der Waals surface area contributed by atoms with Gasteiger partial charge in [-0.2, -0.15) is 0 Å². The van der Waals surface area contributed by atoms with E-state index in [0.717, 1.165) is 50.0 Å². The predicted molar refractivity (Wildman–Crippen MR) is 159 cm³/mol. The van der Waals surface area contributed by atoms with Crippen molar-refractivity contribution in [2.24, 2.45) is 0 Å². The first-order valence-electron chi connectivity index (χ1n) is 14.3. The molecule has 0 aliphatic carbocycles. The summed E-state index contributed by atoms with van der Waals surface area (Å²) in [5.41, 5.74) is 1.47. The van der Waals surface area contributed by atoms with E-state index < -0.39 is 5.97 Å². The number of carbonyl (C=O) groups excluding carboxylic acids is 2. The molecule has 0 unspecified atom stereocenters. The highest BCUT2D eigenvalue weighted by Crippen LogP contribution is 2.21. The van der Waals surface area contributed by atoms with E-state index >= 15 is 0 Å². The second kappa shape index (κ2) is 18.2. The van der Waals surface area contributed by atoms with E-state index in [2.05, 4.69) is 13.5 Å². The average molecular weight is 561 g/mol. The Bertz CT molecular complexity index is 1190. The second-order valence-corrected chi connectivity index (χ2v) is 9.51. The Morgan fingerprint density at radius 1 is 0.634 bits per heavy atom. The summed E-state index contributed by atoms with van der Waals surface area (Å²) < 4.78 is 27.8. The predicted octanol–water partition coefficient (Wildman–Crippen LogP) is 7.72. The fraction of sp³-hybridized carbons (Fsp3) is 0.353. The average Bonchev–Trinajstić information content (AvgIpc) is 3.01. The minimum absolute atomic E-state index is 0.388. The van der Waals surface area contributed by atoms with Crippen LogP contribution in [0.3, 0.4) is 0 Å². The summed E-state index contributed by atoms with van der Waals surface area (Å²) in [4.78, 5) is 23.5. The first kappa shape index (κ1) is 31.3. The van der Waals surface area contributed by atoms with Crippen molar-refractivity contribution < 1.29 is 33.3 Å². The molecule has 41 heavy (non-hydrogen) atoms. The van der Waals surface area contributed by atoms with Gasteiger partial charge in [0.1, 0.15) is 29.6 Å². The molecule has 0 radical (unpaired) electrons. The Hall–Kier alpha value is -4.26. The fourth-order valence-corrected chi connectivity index (χ4v) is 3.83. The summed E-state index contributed by atoms with van der Waals surface area (Å²) in [6.45, 7) is 7.69. The topological polar surface area (TPSA) is 80.3 Å². The highest BCUT2D eigenvalue weighted by molar-refractivity contribution is 5.91. The third-order valence-corrected chi connectivity index (χ3v) is 6.19. The molecule has 0 atom stereocenters. The van der Waals surface area contributed by atoms with Crippen molar-refractivity contribution in [1.29, 1.82) is 0 Å². The summed E-state index contributed by atoms with van der Waals surface area (Å²) >= 11 is 0. The van der Waals surface area contributed by atoms with Crippen molar-refractivity contribution in [2.45, 2.75) is 58.5 Å². The van der Waals surface area contributed by atoms with Crippen LogP contribution in [0.5, 0.6) is 23.0 Å². The zero-order chi connectivity index (χ0) is 29.1. The molecule has 3 aromatic carbocycles. The monoisotopic (exact) mass is 560 g/mol. The molecule has 3 aromatic rings. The maximum atomic E-state index is 12.6. The van der Waals surface area contributed by atoms with Gasteiger partial charge < -0.3 is 23.7 Å². The number of ether oxygens (including phenoxy) is 5. The summed E-state index contributed by atoms with van der Waals surface area (Å²) in [7, 11) is 0. The second-order valence-electron chi connectivity index (χ2n) is 9.51. The van der Waals surface area contributed by atoms with Crippen LogP contribution in [0.15, 0.2) is 85.5 Å². The maximum absolute atomic E-state index is 12.6. The lowest BCUT2D eigenvalue weighted by Crippen LogP contribution is -2.08. The molecule has 0 amide bonds. The lowest BCUT2D eigenvalue weighted by atomic mass is 10.2. The van der Waals surface area contributed by atoms with Crippen LogP contribution in [0.1, 0.15) is 67.8 Å². The van der Waals surface area contributed by atoms with Crippen LogP contribution in [0.4, 0.5) is 0 Å². The fourth-order valence-electron chi connectivity index (χ4n) is 3.83. The van der Waals surface area contributed by atoms with E-state index in [1.165, 1.54) is 18.9 Å². The lowest BCUT2D eigenvalue weighted by Gasteiger charge is -2.10. The van der Waals surface area contributed by atoms with Crippen molar-refractivity contribution in [3.05, 3.63) is 96.6 Å². The van der Waals surface area contributed by atoms with E-state index in [-0.39, 0.29) is 5.97 Å². The van der Waals surface area contributed by atoms with E-state index in [4.69, 9.17) is 23.7 Å². The van der Waals surface area contributed by atoms with E-state index in [1.807, 2.05) is 24.3 Å². The molecular weight excluding hydrogens is 520 g/mol. The molecule has 0 aliphatic heterocycles. The van der Waals surface area contributed by atoms with Crippen molar-refractivity contribution in [2.75, 3.05) is 19.8 Å². The quantitative estimate of drug-likeness (QED) is 0.0642. The zero-order valence-electron chi connectivity index (χ0n) is 23.8. The van der Waals surface area contributed by atoms with Gasteiger partial charge in [-0.25, -0.2) is 9.59 Å². The number of esters is 2. The molecule has 0 spiro atoms. The Morgan fingerprint density at radius 3 is 1.76 bits per heavy atom. The summed E-state index contributed by atoms with van der Waals surface area (Å²) in [6, 6.07) is 21.8. The first-order chi connectivity index (χ1) is 20.1. The smallest absolute Gasteiger partial charge is 0.343 e. The van der Waals surface area contributed by atoms with Gasteiger partial charge in [0.15, 0.2) is 0 Å². The van der Waals surface area contributed by atoms with Crippen LogP contribution in [-0.2, 0) is 16.1 Å². The molecule has 0 saturated heterocycles. The molecule has 0 aromatic heterocycles. The maximum Gasteiger partial charge on any atom is 0.343 e. The number of benzene rings is 3. The van der Waals surface area contributed by atoms with E-state index in [1.54, 1.807) is 48.5 Å². The highest BCUT2D eigenvalue weighted by atomic mass is 16.5. The minimum Gasteiger partial charge on any atom is -0.494 e. The molecule has 0 saturated carbocycles. The molecule has 0 N–H and O–H groups in total. The van der Waals surface area contributed by atoms with Crippen LogP contribution < -0.4 is 18.9 Å². The van der Waals surface area contributed by atoms with Crippen LogP contribution in [0.2, 0.25) is 0 Å². The van der Waals surface area contributed by atoms with Crippen molar-refractivity contribution >= 4 is 11.9 Å². The number of rotatable bonds is 19. The molecule has 0 fully saturated rings. The van der Waals surface area contributed by atoms with Gasteiger partial charge in [-0.15, -0.1) is 0 Å². The summed E-state index contributed by atoms with van der Waals surface area (Å²) in [5, 5.41) is 0. The Balaban J connectivity index is 1.33. The Morgan fingerprint density at radius 2 is 1.15 bits per heavy atom. The van der Waals surface area contributed by atoms with Crippen LogP contribution in [-0.4, -0.2) is 31.8 Å². The third-order valence-electron chi connectivity index (χ3n) is 6.19. The largest absolute Gasteiger partial charge is 0.494 e. The van der Waals surface area contributed by atoms with Crippen LogP contribution in [0.25, 0.3) is 0 Å². The number of unbranched alkanes of at least 4 members (excludes halogenated alkanes) is 5. The Labute approximate surface area is 243 Å². The van der Waals surface area contributed by atoms with Crippen molar-refractivity contribution in [3.8, 4) is 23.0 Å². The van der Waals surface area contributed by atoms with Gasteiger partial charge in [-0.05, 0) is 98.3 Å².